The van der Waals surface area contributed by atoms with Gasteiger partial charge < -0.3 is 15.3 Å². The molecule has 196 valence electrons. The van der Waals surface area contributed by atoms with Crippen LogP contribution in [0.4, 0.5) is 11.4 Å². The van der Waals surface area contributed by atoms with Crippen LogP contribution in [0.1, 0.15) is 35.3 Å². The molecular formula is C27H26ClN5O5. The summed E-state index contributed by atoms with van der Waals surface area (Å²) in [5, 5.41) is 27.4. The van der Waals surface area contributed by atoms with Crippen LogP contribution < -0.4 is 15.6 Å². The lowest BCUT2D eigenvalue weighted by Crippen LogP contribution is -2.33. The van der Waals surface area contributed by atoms with Crippen molar-refractivity contribution in [2.75, 3.05) is 18.0 Å². The molecule has 3 aromatic carbocycles. The van der Waals surface area contributed by atoms with Crippen LogP contribution in [0, 0.1) is 10.1 Å². The molecule has 0 radical (unpaired) electrons. The second-order valence-corrected chi connectivity index (χ2v) is 8.36. The minimum Gasteiger partial charge on any atom is -0.508 e. The number of nitrogens with zero attached hydrogens (tertiary/aromatic N) is 3. The van der Waals surface area contributed by atoms with Gasteiger partial charge in [-0.25, -0.2) is 5.43 Å². The average Bonchev–Trinajstić information content (AvgIpc) is 2.90. The fourth-order valence-corrected chi connectivity index (χ4v) is 3.78. The van der Waals surface area contributed by atoms with E-state index in [-0.39, 0.29) is 33.3 Å². The van der Waals surface area contributed by atoms with Gasteiger partial charge in [0.25, 0.3) is 17.5 Å². The minimum atomic E-state index is -0.780. The molecule has 0 atom stereocenters. The Morgan fingerprint density at radius 1 is 1.08 bits per heavy atom. The zero-order chi connectivity index (χ0) is 27.7. The number of phenolic OH excluding ortho intramolecular Hbond substituents is 1. The third-order valence-corrected chi connectivity index (χ3v) is 5.85. The number of hydrogen-bond donors (Lipinski definition) is 3. The molecule has 0 saturated heterocycles. The molecule has 3 aromatic rings. The van der Waals surface area contributed by atoms with Crippen molar-refractivity contribution in [3.63, 3.8) is 0 Å². The summed E-state index contributed by atoms with van der Waals surface area (Å²) in [6.45, 7) is 5.77. The van der Waals surface area contributed by atoms with Crippen molar-refractivity contribution in [2.24, 2.45) is 5.10 Å². The summed E-state index contributed by atoms with van der Waals surface area (Å²) in [5.74, 6) is -1.59. The smallest absolute Gasteiger partial charge is 0.287 e. The molecule has 0 unspecified atom stereocenters. The quantitative estimate of drug-likeness (QED) is 0.149. The highest BCUT2D eigenvalue weighted by atomic mass is 35.5. The van der Waals surface area contributed by atoms with Gasteiger partial charge in [-0.05, 0) is 61.9 Å². The summed E-state index contributed by atoms with van der Waals surface area (Å²) in [6, 6.07) is 17.2. The van der Waals surface area contributed by atoms with Crippen molar-refractivity contribution in [1.29, 1.82) is 0 Å². The first-order valence-electron chi connectivity index (χ1n) is 11.7. The molecular weight excluding hydrogens is 510 g/mol. The van der Waals surface area contributed by atoms with Crippen LogP contribution in [0.3, 0.4) is 0 Å². The van der Waals surface area contributed by atoms with E-state index in [1.165, 1.54) is 18.2 Å². The fourth-order valence-electron chi connectivity index (χ4n) is 3.56. The first kappa shape index (κ1) is 27.9. The topological polar surface area (TPSA) is 137 Å². The van der Waals surface area contributed by atoms with Gasteiger partial charge in [-0.1, -0.05) is 35.9 Å². The second-order valence-electron chi connectivity index (χ2n) is 7.96. The molecule has 3 rings (SSSR count). The highest BCUT2D eigenvalue weighted by Crippen LogP contribution is 2.22. The number of aromatic hydroxyl groups is 1. The van der Waals surface area contributed by atoms with Crippen LogP contribution in [0.25, 0.3) is 6.08 Å². The largest absolute Gasteiger partial charge is 0.508 e. The van der Waals surface area contributed by atoms with E-state index in [2.05, 4.69) is 34.6 Å². The maximum atomic E-state index is 13.0. The Hall–Kier alpha value is -4.70. The Balaban J connectivity index is 1.89. The molecule has 2 amide bonds. The van der Waals surface area contributed by atoms with Crippen molar-refractivity contribution in [3.8, 4) is 5.75 Å². The van der Waals surface area contributed by atoms with E-state index in [4.69, 9.17) is 11.6 Å². The summed E-state index contributed by atoms with van der Waals surface area (Å²) in [5.41, 5.74) is 3.62. The van der Waals surface area contributed by atoms with Gasteiger partial charge in [0.15, 0.2) is 0 Å². The minimum absolute atomic E-state index is 0.0204. The standard InChI is InChI=1S/C27H26ClN5O5/c1-3-32(4-2)20-11-9-18(10-12-20)15-24(30-26(35)22-7-5-6-8-23(22)28)27(36)31-29-17-19-16-21(34)13-14-25(19)33(37)38/h5-17,34H,3-4H2,1-2H3,(H,30,35)(H,31,36)/b24-15+,29-17-. The monoisotopic (exact) mass is 535 g/mol. The molecule has 0 saturated carbocycles. The molecule has 0 aliphatic heterocycles. The summed E-state index contributed by atoms with van der Waals surface area (Å²) < 4.78 is 0. The van der Waals surface area contributed by atoms with Crippen LogP contribution >= 0.6 is 11.6 Å². The lowest BCUT2D eigenvalue weighted by atomic mass is 10.1. The number of hydrazone groups is 1. The van der Waals surface area contributed by atoms with E-state index in [1.807, 2.05) is 24.3 Å². The van der Waals surface area contributed by atoms with E-state index >= 15 is 0 Å². The maximum Gasteiger partial charge on any atom is 0.287 e. The number of nitro groups is 1. The van der Waals surface area contributed by atoms with Gasteiger partial charge in [0.2, 0.25) is 0 Å². The normalized spacial score (nSPS) is 11.3. The highest BCUT2D eigenvalue weighted by molar-refractivity contribution is 6.34. The summed E-state index contributed by atoms with van der Waals surface area (Å²) in [7, 11) is 0. The summed E-state index contributed by atoms with van der Waals surface area (Å²) in [4.78, 5) is 38.6. The van der Waals surface area contributed by atoms with Crippen molar-refractivity contribution in [2.45, 2.75) is 13.8 Å². The Bertz CT molecular complexity index is 1380. The van der Waals surface area contributed by atoms with Crippen LogP contribution in [0.15, 0.2) is 77.5 Å². The lowest BCUT2D eigenvalue weighted by Gasteiger charge is -2.21. The number of hydrogen-bond acceptors (Lipinski definition) is 7. The highest BCUT2D eigenvalue weighted by Gasteiger charge is 2.17. The molecule has 0 aliphatic rings. The lowest BCUT2D eigenvalue weighted by molar-refractivity contribution is -0.385. The molecule has 0 bridgehead atoms. The molecule has 11 heteroatoms. The SMILES string of the molecule is CCN(CC)c1ccc(/C=C(/NC(=O)c2ccccc2Cl)C(=O)N/N=C\c2cc(O)ccc2[N+](=O)[O-])cc1. The zero-order valence-electron chi connectivity index (χ0n) is 20.7. The molecule has 3 N–H and O–H groups in total. The Morgan fingerprint density at radius 3 is 2.39 bits per heavy atom. The number of carbonyl (C=O) groups is 2. The number of phenols is 1. The summed E-state index contributed by atoms with van der Waals surface area (Å²) in [6.07, 6.45) is 2.50. The number of anilines is 1. The van der Waals surface area contributed by atoms with E-state index in [9.17, 15) is 24.8 Å². The van der Waals surface area contributed by atoms with Crippen molar-refractivity contribution < 1.29 is 19.6 Å². The van der Waals surface area contributed by atoms with Gasteiger partial charge in [-0.2, -0.15) is 5.10 Å². The Morgan fingerprint density at radius 2 is 1.76 bits per heavy atom. The van der Waals surface area contributed by atoms with Gasteiger partial charge in [-0.3, -0.25) is 19.7 Å². The number of carbonyl (C=O) groups excluding carboxylic acids is 2. The number of amides is 2. The van der Waals surface area contributed by atoms with Crippen molar-refractivity contribution in [3.05, 3.63) is 104 Å². The molecule has 0 aliphatic carbocycles. The molecule has 0 aromatic heterocycles. The van der Waals surface area contributed by atoms with E-state index < -0.39 is 16.7 Å². The van der Waals surface area contributed by atoms with Crippen LogP contribution in [0.5, 0.6) is 5.75 Å². The predicted molar refractivity (Wildman–Crippen MR) is 147 cm³/mol. The average molecular weight is 536 g/mol. The molecule has 0 fully saturated rings. The van der Waals surface area contributed by atoms with E-state index in [0.29, 0.717) is 5.56 Å². The summed E-state index contributed by atoms with van der Waals surface area (Å²) >= 11 is 6.14. The van der Waals surface area contributed by atoms with Crippen LogP contribution in [-0.4, -0.2) is 41.1 Å². The maximum absolute atomic E-state index is 13.0. The molecule has 0 heterocycles. The molecule has 38 heavy (non-hydrogen) atoms. The number of nitrogens with one attached hydrogen (secondary N) is 2. The van der Waals surface area contributed by atoms with Crippen LogP contribution in [-0.2, 0) is 4.79 Å². The first-order chi connectivity index (χ1) is 18.2. The fraction of sp³-hybridized carbons (Fsp3) is 0.148. The number of halogens is 1. The third kappa shape index (κ3) is 7.17. The Kier molecular flexibility index (Phi) is 9.55. The van der Waals surface area contributed by atoms with Gasteiger partial charge in [0, 0.05) is 24.8 Å². The second kappa shape index (κ2) is 13.0. The van der Waals surface area contributed by atoms with E-state index in [1.54, 1.807) is 18.2 Å². The molecule has 0 spiro atoms. The van der Waals surface area contributed by atoms with Crippen molar-refractivity contribution >= 4 is 47.1 Å². The van der Waals surface area contributed by atoms with Gasteiger partial charge >= 0.3 is 0 Å². The van der Waals surface area contributed by atoms with Crippen LogP contribution in [0.2, 0.25) is 5.02 Å². The number of benzene rings is 3. The Labute approximate surface area is 224 Å². The number of rotatable bonds is 10. The van der Waals surface area contributed by atoms with Gasteiger partial charge in [0.05, 0.1) is 27.3 Å². The van der Waals surface area contributed by atoms with E-state index in [0.717, 1.165) is 37.1 Å². The third-order valence-electron chi connectivity index (χ3n) is 5.52. The molecule has 10 nitrogen and oxygen atoms in total. The predicted octanol–water partition coefficient (Wildman–Crippen LogP) is 4.72. The van der Waals surface area contributed by atoms with Crippen molar-refractivity contribution in [1.82, 2.24) is 10.7 Å². The first-order valence-corrected chi connectivity index (χ1v) is 12.0. The number of nitro benzene ring substituents is 1. The zero-order valence-corrected chi connectivity index (χ0v) is 21.5. The van der Waals surface area contributed by atoms with Gasteiger partial charge in [-0.15, -0.1) is 0 Å². The van der Waals surface area contributed by atoms with Gasteiger partial charge in [0.1, 0.15) is 11.4 Å².